The van der Waals surface area contributed by atoms with Gasteiger partial charge in [0.2, 0.25) is 5.91 Å². The number of pyridine rings is 1. The summed E-state index contributed by atoms with van der Waals surface area (Å²) in [5, 5.41) is 2.94. The van der Waals surface area contributed by atoms with Crippen molar-refractivity contribution >= 4 is 39.4 Å². The summed E-state index contributed by atoms with van der Waals surface area (Å²) in [5.74, 6) is 1.80. The Balaban J connectivity index is 1.93. The second-order valence-corrected chi connectivity index (χ2v) is 5.93. The lowest BCUT2D eigenvalue weighted by atomic mass is 10.2. The first-order valence-corrected chi connectivity index (χ1v) is 7.14. The highest BCUT2D eigenvalue weighted by molar-refractivity contribution is 9.10. The van der Waals surface area contributed by atoms with Crippen LogP contribution in [0.15, 0.2) is 22.8 Å². The predicted octanol–water partition coefficient (Wildman–Crippen LogP) is 3.07. The van der Waals surface area contributed by atoms with Crippen molar-refractivity contribution in [2.75, 3.05) is 11.1 Å². The molecule has 2 heterocycles. The average Bonchev–Trinajstić information content (AvgIpc) is 2.33. The van der Waals surface area contributed by atoms with Gasteiger partial charge in [-0.25, -0.2) is 4.98 Å². The van der Waals surface area contributed by atoms with Gasteiger partial charge in [-0.15, -0.1) is 11.8 Å². The summed E-state index contributed by atoms with van der Waals surface area (Å²) in [6.07, 6.45) is 5.04. The molecule has 1 N–H and O–H groups in total. The van der Waals surface area contributed by atoms with E-state index in [1.165, 1.54) is 6.42 Å². The second-order valence-electron chi connectivity index (χ2n) is 3.71. The number of thioether (sulfide) groups is 1. The number of hydrogen-bond donors (Lipinski definition) is 1. The fraction of sp³-hybridized carbons (Fsp3) is 0.455. The normalized spacial score (nSPS) is 20.4. The average molecular weight is 301 g/mol. The number of nitrogens with zero attached hydrogens (tertiary/aromatic N) is 1. The fourth-order valence-electron chi connectivity index (χ4n) is 1.60. The van der Waals surface area contributed by atoms with Gasteiger partial charge in [0.15, 0.2) is 0 Å². The Morgan fingerprint density at radius 2 is 2.38 bits per heavy atom. The minimum atomic E-state index is 0.0829. The molecule has 0 bridgehead atoms. The molecule has 0 saturated carbocycles. The smallest absolute Gasteiger partial charge is 0.238 e. The quantitative estimate of drug-likeness (QED) is 0.913. The summed E-state index contributed by atoms with van der Waals surface area (Å²) in [6.45, 7) is 0. The van der Waals surface area contributed by atoms with Crippen LogP contribution in [0.2, 0.25) is 0 Å². The van der Waals surface area contributed by atoms with Crippen molar-refractivity contribution in [3.8, 4) is 0 Å². The highest BCUT2D eigenvalue weighted by atomic mass is 79.9. The van der Waals surface area contributed by atoms with Crippen LogP contribution in [0.4, 0.5) is 5.82 Å². The molecule has 1 amide bonds. The van der Waals surface area contributed by atoms with E-state index in [9.17, 15) is 4.79 Å². The van der Waals surface area contributed by atoms with E-state index in [4.69, 9.17) is 0 Å². The van der Waals surface area contributed by atoms with Gasteiger partial charge in [-0.1, -0.05) is 6.42 Å². The molecule has 0 aliphatic carbocycles. The minimum Gasteiger partial charge on any atom is -0.310 e. The fourth-order valence-corrected chi connectivity index (χ4v) is 3.04. The second kappa shape index (κ2) is 5.68. The first-order valence-electron chi connectivity index (χ1n) is 5.30. The lowest BCUT2D eigenvalue weighted by molar-refractivity contribution is -0.115. The Hall–Kier alpha value is -0.550. The maximum Gasteiger partial charge on any atom is 0.238 e. The lowest BCUT2D eigenvalue weighted by Crippen LogP contribution is -2.27. The summed E-state index contributed by atoms with van der Waals surface area (Å²) in [6, 6.07) is 3.67. The standard InChI is InChI=1S/C11H13BrN2OS/c12-8-4-5-10(13-7-8)14-11(15)9-3-1-2-6-16-9/h4-5,7,9H,1-3,6H2,(H,13,14,15). The van der Waals surface area contributed by atoms with Crippen molar-refractivity contribution in [2.24, 2.45) is 0 Å². The van der Waals surface area contributed by atoms with Gasteiger partial charge in [-0.05, 0) is 46.7 Å². The SMILES string of the molecule is O=C(Nc1ccc(Br)cn1)C1CCCCS1. The third kappa shape index (κ3) is 3.22. The van der Waals surface area contributed by atoms with E-state index in [-0.39, 0.29) is 11.2 Å². The van der Waals surface area contributed by atoms with Crippen molar-refractivity contribution in [2.45, 2.75) is 24.5 Å². The van der Waals surface area contributed by atoms with Crippen LogP contribution in [0.3, 0.4) is 0 Å². The number of hydrogen-bond acceptors (Lipinski definition) is 3. The number of halogens is 1. The Labute approximate surface area is 108 Å². The van der Waals surface area contributed by atoms with Gasteiger partial charge in [0.1, 0.15) is 5.82 Å². The molecular weight excluding hydrogens is 288 g/mol. The Bertz CT molecular complexity index is 363. The van der Waals surface area contributed by atoms with Gasteiger partial charge in [0.25, 0.3) is 0 Å². The van der Waals surface area contributed by atoms with Crippen molar-refractivity contribution in [1.82, 2.24) is 4.98 Å². The molecule has 86 valence electrons. The summed E-state index contributed by atoms with van der Waals surface area (Å²) in [4.78, 5) is 16.0. The number of carbonyl (C=O) groups is 1. The topological polar surface area (TPSA) is 42.0 Å². The number of anilines is 1. The van der Waals surface area contributed by atoms with E-state index >= 15 is 0 Å². The van der Waals surface area contributed by atoms with Gasteiger partial charge in [0, 0.05) is 10.7 Å². The van der Waals surface area contributed by atoms with Gasteiger partial charge >= 0.3 is 0 Å². The molecule has 0 radical (unpaired) electrons. The number of amides is 1. The number of nitrogens with one attached hydrogen (secondary N) is 1. The molecule has 1 aromatic rings. The van der Waals surface area contributed by atoms with E-state index in [1.54, 1.807) is 24.0 Å². The zero-order valence-corrected chi connectivity index (χ0v) is 11.2. The molecule has 1 aliphatic rings. The summed E-state index contributed by atoms with van der Waals surface area (Å²) in [7, 11) is 0. The van der Waals surface area contributed by atoms with Crippen LogP contribution in [0.1, 0.15) is 19.3 Å². The lowest BCUT2D eigenvalue weighted by Gasteiger charge is -2.20. The van der Waals surface area contributed by atoms with Crippen molar-refractivity contribution in [3.05, 3.63) is 22.8 Å². The highest BCUT2D eigenvalue weighted by Crippen LogP contribution is 2.25. The molecule has 0 spiro atoms. The third-order valence-corrected chi connectivity index (χ3v) is 4.30. The first kappa shape index (κ1) is 11.9. The summed E-state index contributed by atoms with van der Waals surface area (Å²) in [5.41, 5.74) is 0. The van der Waals surface area contributed by atoms with Crippen LogP contribution >= 0.6 is 27.7 Å². The highest BCUT2D eigenvalue weighted by Gasteiger charge is 2.21. The van der Waals surface area contributed by atoms with Crippen LogP contribution in [-0.2, 0) is 4.79 Å². The molecule has 1 aliphatic heterocycles. The molecule has 16 heavy (non-hydrogen) atoms. The van der Waals surface area contributed by atoms with Crippen LogP contribution in [0, 0.1) is 0 Å². The number of rotatable bonds is 2. The Kier molecular flexibility index (Phi) is 4.23. The molecule has 2 rings (SSSR count). The van der Waals surface area contributed by atoms with E-state index in [0.29, 0.717) is 5.82 Å². The van der Waals surface area contributed by atoms with Crippen molar-refractivity contribution < 1.29 is 4.79 Å². The maximum absolute atomic E-state index is 11.9. The molecule has 5 heteroatoms. The van der Waals surface area contributed by atoms with Crippen LogP contribution in [0.25, 0.3) is 0 Å². The number of aromatic nitrogens is 1. The van der Waals surface area contributed by atoms with Gasteiger partial charge in [-0.3, -0.25) is 4.79 Å². The molecule has 3 nitrogen and oxygen atoms in total. The van der Waals surface area contributed by atoms with Gasteiger partial charge in [-0.2, -0.15) is 0 Å². The zero-order chi connectivity index (χ0) is 11.4. The van der Waals surface area contributed by atoms with Crippen molar-refractivity contribution in [1.29, 1.82) is 0 Å². The first-order chi connectivity index (χ1) is 7.75. The van der Waals surface area contributed by atoms with E-state index in [1.807, 2.05) is 6.07 Å². The van der Waals surface area contributed by atoms with Crippen LogP contribution in [0.5, 0.6) is 0 Å². The predicted molar refractivity (Wildman–Crippen MR) is 70.7 cm³/mol. The molecule has 1 atom stereocenters. The van der Waals surface area contributed by atoms with Crippen LogP contribution < -0.4 is 5.32 Å². The minimum absolute atomic E-state index is 0.0829. The monoisotopic (exact) mass is 300 g/mol. The van der Waals surface area contributed by atoms with Crippen LogP contribution in [-0.4, -0.2) is 21.9 Å². The van der Waals surface area contributed by atoms with E-state index in [0.717, 1.165) is 23.1 Å². The largest absolute Gasteiger partial charge is 0.310 e. The van der Waals surface area contributed by atoms with Crippen molar-refractivity contribution in [3.63, 3.8) is 0 Å². The summed E-state index contributed by atoms with van der Waals surface area (Å²) >= 11 is 5.05. The molecule has 1 fully saturated rings. The molecule has 1 aromatic heterocycles. The molecular formula is C11H13BrN2OS. The Morgan fingerprint density at radius 3 is 3.00 bits per heavy atom. The third-order valence-electron chi connectivity index (χ3n) is 2.45. The molecule has 0 aromatic carbocycles. The van der Waals surface area contributed by atoms with E-state index in [2.05, 4.69) is 26.2 Å². The van der Waals surface area contributed by atoms with E-state index < -0.39 is 0 Å². The molecule has 1 saturated heterocycles. The van der Waals surface area contributed by atoms with Gasteiger partial charge < -0.3 is 5.32 Å². The number of carbonyl (C=O) groups excluding carboxylic acids is 1. The van der Waals surface area contributed by atoms with Gasteiger partial charge in [0.05, 0.1) is 5.25 Å². The zero-order valence-electron chi connectivity index (χ0n) is 8.78. The maximum atomic E-state index is 11.9. The Morgan fingerprint density at radius 1 is 1.50 bits per heavy atom. The summed E-state index contributed by atoms with van der Waals surface area (Å²) < 4.78 is 0.914. The molecule has 1 unspecified atom stereocenters.